The molecule has 1 N–H and O–H groups in total. The van der Waals surface area contributed by atoms with Gasteiger partial charge < -0.3 is 9.73 Å². The molecule has 1 saturated heterocycles. The smallest absolute Gasteiger partial charge is 0.118 e. The molecule has 0 amide bonds. The molecule has 0 aliphatic carbocycles. The van der Waals surface area contributed by atoms with Crippen molar-refractivity contribution in [1.29, 1.82) is 0 Å². The number of furan rings is 1. The molecular formula is C18H32N2O. The fraction of sp³-hybridized carbons (Fsp3) is 0.778. The molecule has 0 atom stereocenters. The predicted octanol–water partition coefficient (Wildman–Crippen LogP) is 4.18. The molecule has 0 bridgehead atoms. The second-order valence-electron chi connectivity index (χ2n) is 7.69. The zero-order valence-electron chi connectivity index (χ0n) is 14.5. The van der Waals surface area contributed by atoms with Crippen LogP contribution in [-0.2, 0) is 13.1 Å². The van der Waals surface area contributed by atoms with Crippen molar-refractivity contribution in [3.63, 3.8) is 0 Å². The molecule has 2 heterocycles. The predicted molar refractivity (Wildman–Crippen MR) is 88.2 cm³/mol. The first-order valence-corrected chi connectivity index (χ1v) is 8.39. The molecule has 3 heteroatoms. The van der Waals surface area contributed by atoms with E-state index in [2.05, 4.69) is 50.9 Å². The monoisotopic (exact) mass is 292 g/mol. The SMILES string of the molecule is CCC1(CC)CCN(Cc2cc(CNC(C)(C)C)co2)C1. The molecule has 0 saturated carbocycles. The highest BCUT2D eigenvalue weighted by atomic mass is 16.3. The maximum absolute atomic E-state index is 5.75. The van der Waals surface area contributed by atoms with Crippen molar-refractivity contribution in [3.05, 3.63) is 23.7 Å². The molecule has 1 aromatic rings. The Morgan fingerprint density at radius 1 is 1.29 bits per heavy atom. The molecule has 1 fully saturated rings. The molecule has 21 heavy (non-hydrogen) atoms. The molecule has 1 aromatic heterocycles. The Bertz CT molecular complexity index is 440. The Hall–Kier alpha value is -0.800. The van der Waals surface area contributed by atoms with E-state index in [4.69, 9.17) is 4.42 Å². The average molecular weight is 292 g/mol. The van der Waals surface area contributed by atoms with Crippen LogP contribution in [0.1, 0.15) is 65.2 Å². The van der Waals surface area contributed by atoms with E-state index >= 15 is 0 Å². The van der Waals surface area contributed by atoms with Gasteiger partial charge >= 0.3 is 0 Å². The summed E-state index contributed by atoms with van der Waals surface area (Å²) < 4.78 is 5.75. The molecule has 1 aliphatic rings. The number of hydrogen-bond acceptors (Lipinski definition) is 3. The van der Waals surface area contributed by atoms with Crippen LogP contribution in [0.25, 0.3) is 0 Å². The summed E-state index contributed by atoms with van der Waals surface area (Å²) in [6, 6.07) is 2.20. The third-order valence-corrected chi connectivity index (χ3v) is 4.93. The second-order valence-corrected chi connectivity index (χ2v) is 7.69. The first-order valence-electron chi connectivity index (χ1n) is 8.39. The summed E-state index contributed by atoms with van der Waals surface area (Å²) in [7, 11) is 0. The largest absolute Gasteiger partial charge is 0.468 e. The minimum Gasteiger partial charge on any atom is -0.468 e. The Labute approximate surface area is 130 Å². The van der Waals surface area contributed by atoms with Crippen LogP contribution in [-0.4, -0.2) is 23.5 Å². The number of nitrogens with zero attached hydrogens (tertiary/aromatic N) is 1. The minimum absolute atomic E-state index is 0.147. The average Bonchev–Trinajstić information content (AvgIpc) is 3.04. The summed E-state index contributed by atoms with van der Waals surface area (Å²) in [5.41, 5.74) is 1.94. The summed E-state index contributed by atoms with van der Waals surface area (Å²) in [6.07, 6.45) is 5.81. The van der Waals surface area contributed by atoms with Crippen LogP contribution in [0.3, 0.4) is 0 Å². The van der Waals surface area contributed by atoms with Gasteiger partial charge in [0.25, 0.3) is 0 Å². The lowest BCUT2D eigenvalue weighted by molar-refractivity contribution is 0.226. The molecule has 3 nitrogen and oxygen atoms in total. The molecule has 0 unspecified atom stereocenters. The van der Waals surface area contributed by atoms with E-state index in [0.717, 1.165) is 18.8 Å². The van der Waals surface area contributed by atoms with E-state index in [1.54, 1.807) is 0 Å². The van der Waals surface area contributed by atoms with Crippen LogP contribution in [0.2, 0.25) is 0 Å². The molecular weight excluding hydrogens is 260 g/mol. The van der Waals surface area contributed by atoms with Gasteiger partial charge in [0.1, 0.15) is 5.76 Å². The van der Waals surface area contributed by atoms with Gasteiger partial charge in [0.15, 0.2) is 0 Å². The normalized spacial score (nSPS) is 19.3. The van der Waals surface area contributed by atoms with E-state index in [-0.39, 0.29) is 5.54 Å². The van der Waals surface area contributed by atoms with Gasteiger partial charge in [-0.2, -0.15) is 0 Å². The first kappa shape index (κ1) is 16.6. The van der Waals surface area contributed by atoms with E-state index in [1.807, 2.05) is 6.26 Å². The summed E-state index contributed by atoms with van der Waals surface area (Å²) in [6.45, 7) is 15.5. The number of nitrogens with one attached hydrogen (secondary N) is 1. The van der Waals surface area contributed by atoms with E-state index in [0.29, 0.717) is 5.41 Å². The summed E-state index contributed by atoms with van der Waals surface area (Å²) in [5, 5.41) is 3.50. The summed E-state index contributed by atoms with van der Waals surface area (Å²) in [4.78, 5) is 2.55. The second kappa shape index (κ2) is 6.53. The minimum atomic E-state index is 0.147. The van der Waals surface area contributed by atoms with Gasteiger partial charge in [-0.05, 0) is 58.1 Å². The summed E-state index contributed by atoms with van der Waals surface area (Å²) >= 11 is 0. The third-order valence-electron chi connectivity index (χ3n) is 4.93. The van der Waals surface area contributed by atoms with Crippen molar-refractivity contribution in [1.82, 2.24) is 10.2 Å². The molecule has 1 aliphatic heterocycles. The Balaban J connectivity index is 1.86. The standard InChI is InChI=1S/C18H32N2O/c1-6-18(7-2)8-9-20(14-18)12-16-10-15(13-21-16)11-19-17(3,4)5/h10,13,19H,6-9,11-12,14H2,1-5H3. The van der Waals surface area contributed by atoms with Gasteiger partial charge in [0.2, 0.25) is 0 Å². The van der Waals surface area contributed by atoms with E-state index in [1.165, 1.54) is 37.9 Å². The molecule has 0 aromatic carbocycles. The van der Waals surface area contributed by atoms with Gasteiger partial charge in [0.05, 0.1) is 12.8 Å². The Kier molecular flexibility index (Phi) is 5.15. The van der Waals surface area contributed by atoms with Crippen molar-refractivity contribution in [3.8, 4) is 0 Å². The number of likely N-dealkylation sites (tertiary alicyclic amines) is 1. The van der Waals surface area contributed by atoms with Gasteiger partial charge in [0, 0.05) is 24.2 Å². The lowest BCUT2D eigenvalue weighted by Gasteiger charge is -2.26. The Morgan fingerprint density at radius 2 is 2.00 bits per heavy atom. The fourth-order valence-corrected chi connectivity index (χ4v) is 3.18. The van der Waals surface area contributed by atoms with Gasteiger partial charge in [-0.1, -0.05) is 13.8 Å². The van der Waals surface area contributed by atoms with Crippen LogP contribution in [0.5, 0.6) is 0 Å². The first-order chi connectivity index (χ1) is 9.86. The van der Waals surface area contributed by atoms with Crippen molar-refractivity contribution in [2.24, 2.45) is 5.41 Å². The number of hydrogen-bond donors (Lipinski definition) is 1. The van der Waals surface area contributed by atoms with Crippen LogP contribution < -0.4 is 5.32 Å². The highest BCUT2D eigenvalue weighted by Gasteiger charge is 2.34. The highest BCUT2D eigenvalue weighted by molar-refractivity contribution is 5.13. The van der Waals surface area contributed by atoms with Gasteiger partial charge in [-0.3, -0.25) is 4.90 Å². The fourth-order valence-electron chi connectivity index (χ4n) is 3.18. The van der Waals surface area contributed by atoms with Crippen LogP contribution in [0.15, 0.2) is 16.7 Å². The molecule has 0 spiro atoms. The van der Waals surface area contributed by atoms with Crippen molar-refractivity contribution < 1.29 is 4.42 Å². The highest BCUT2D eigenvalue weighted by Crippen LogP contribution is 2.37. The Morgan fingerprint density at radius 3 is 2.57 bits per heavy atom. The van der Waals surface area contributed by atoms with Crippen molar-refractivity contribution in [2.75, 3.05) is 13.1 Å². The molecule has 0 radical (unpaired) electrons. The summed E-state index contributed by atoms with van der Waals surface area (Å²) in [5.74, 6) is 1.10. The number of rotatable bonds is 6. The lowest BCUT2D eigenvalue weighted by atomic mass is 9.82. The third kappa shape index (κ3) is 4.58. The van der Waals surface area contributed by atoms with Crippen LogP contribution in [0.4, 0.5) is 0 Å². The van der Waals surface area contributed by atoms with Crippen molar-refractivity contribution >= 4 is 0 Å². The van der Waals surface area contributed by atoms with Gasteiger partial charge in [-0.15, -0.1) is 0 Å². The molecule has 2 rings (SSSR count). The van der Waals surface area contributed by atoms with Crippen molar-refractivity contribution in [2.45, 2.75) is 72.5 Å². The van der Waals surface area contributed by atoms with E-state index < -0.39 is 0 Å². The van der Waals surface area contributed by atoms with Crippen LogP contribution in [0, 0.1) is 5.41 Å². The van der Waals surface area contributed by atoms with Gasteiger partial charge in [-0.25, -0.2) is 0 Å². The quantitative estimate of drug-likeness (QED) is 0.852. The molecule has 120 valence electrons. The van der Waals surface area contributed by atoms with Crippen LogP contribution >= 0.6 is 0 Å². The topological polar surface area (TPSA) is 28.4 Å². The maximum Gasteiger partial charge on any atom is 0.118 e. The zero-order valence-corrected chi connectivity index (χ0v) is 14.5. The zero-order chi connectivity index (χ0) is 15.5. The van der Waals surface area contributed by atoms with E-state index in [9.17, 15) is 0 Å². The maximum atomic E-state index is 5.75. The lowest BCUT2D eigenvalue weighted by Crippen LogP contribution is -2.34.